The Bertz CT molecular complexity index is 150. The predicted octanol–water partition coefficient (Wildman–Crippen LogP) is 2.37. The predicted molar refractivity (Wildman–Crippen MR) is 55.9 cm³/mol. The number of rotatable bonds is 9. The molecule has 0 rings (SSSR count). The highest BCUT2D eigenvalue weighted by molar-refractivity contribution is 4.54. The van der Waals surface area contributed by atoms with Gasteiger partial charge in [-0.05, 0) is 6.42 Å². The zero-order valence-electron chi connectivity index (χ0n) is 8.95. The van der Waals surface area contributed by atoms with E-state index in [0.29, 0.717) is 6.42 Å². The van der Waals surface area contributed by atoms with E-state index in [2.05, 4.69) is 6.92 Å². The molecule has 0 heterocycles. The van der Waals surface area contributed by atoms with Crippen molar-refractivity contribution in [2.24, 2.45) is 0 Å². The van der Waals surface area contributed by atoms with Crippen LogP contribution in [0.3, 0.4) is 0 Å². The Kier molecular flexibility index (Phi) is 8.53. The molecule has 14 heavy (non-hydrogen) atoms. The Labute approximate surface area is 85.5 Å². The summed E-state index contributed by atoms with van der Waals surface area (Å²) in [5.41, 5.74) is 0. The molecule has 0 aromatic heterocycles. The largest absolute Gasteiger partial charge is 0.386 e. The van der Waals surface area contributed by atoms with Gasteiger partial charge in [-0.15, -0.1) is 0 Å². The molecule has 0 radical (unpaired) electrons. The fourth-order valence-electron chi connectivity index (χ4n) is 1.42. The van der Waals surface area contributed by atoms with Crippen LogP contribution in [-0.2, 0) is 0 Å². The molecule has 0 aromatic rings. The summed E-state index contributed by atoms with van der Waals surface area (Å²) < 4.78 is 0. The van der Waals surface area contributed by atoms with Crippen molar-refractivity contribution in [3.8, 4) is 0 Å². The van der Waals surface area contributed by atoms with Crippen molar-refractivity contribution in [2.75, 3.05) is 6.54 Å². The first-order valence-corrected chi connectivity index (χ1v) is 5.46. The molecule has 1 N–H and O–H groups in total. The van der Waals surface area contributed by atoms with E-state index in [4.69, 9.17) is 0 Å². The molecule has 0 unspecified atom stereocenters. The third-order valence-corrected chi connectivity index (χ3v) is 2.25. The van der Waals surface area contributed by atoms with E-state index in [9.17, 15) is 15.2 Å². The second kappa shape index (κ2) is 8.94. The molecule has 0 aliphatic heterocycles. The van der Waals surface area contributed by atoms with E-state index in [1.165, 1.54) is 25.7 Å². The average molecular weight is 203 g/mol. The van der Waals surface area contributed by atoms with Gasteiger partial charge in [0.1, 0.15) is 6.10 Å². The molecule has 4 heteroatoms. The van der Waals surface area contributed by atoms with Crippen LogP contribution in [0.1, 0.15) is 51.9 Å². The van der Waals surface area contributed by atoms with Crippen LogP contribution in [0.4, 0.5) is 0 Å². The first kappa shape index (κ1) is 13.4. The lowest BCUT2D eigenvalue weighted by Crippen LogP contribution is -2.18. The van der Waals surface area contributed by atoms with Crippen molar-refractivity contribution in [3.05, 3.63) is 10.1 Å². The molecular weight excluding hydrogens is 182 g/mol. The first-order valence-electron chi connectivity index (χ1n) is 5.46. The molecule has 0 saturated heterocycles. The SMILES string of the molecule is CCCCCCCC[C@H](O)C[N+](=O)[O-]. The van der Waals surface area contributed by atoms with Crippen LogP contribution >= 0.6 is 0 Å². The molecule has 0 spiro atoms. The lowest BCUT2D eigenvalue weighted by atomic mass is 10.1. The van der Waals surface area contributed by atoms with Crippen LogP contribution in [-0.4, -0.2) is 22.7 Å². The minimum atomic E-state index is -0.754. The highest BCUT2D eigenvalue weighted by Crippen LogP contribution is 2.08. The van der Waals surface area contributed by atoms with Crippen molar-refractivity contribution in [3.63, 3.8) is 0 Å². The van der Waals surface area contributed by atoms with Crippen LogP contribution in [0, 0.1) is 10.1 Å². The van der Waals surface area contributed by atoms with E-state index < -0.39 is 11.0 Å². The molecule has 4 nitrogen and oxygen atoms in total. The standard InChI is InChI=1S/C10H21NO3/c1-2-3-4-5-6-7-8-10(12)9-11(13)14/h10,12H,2-9H2,1H3/t10-/m0/s1. The summed E-state index contributed by atoms with van der Waals surface area (Å²) in [6, 6.07) is 0. The van der Waals surface area contributed by atoms with Gasteiger partial charge in [-0.2, -0.15) is 0 Å². The average Bonchev–Trinajstić information content (AvgIpc) is 2.10. The number of unbranched alkanes of at least 4 members (excludes halogenated alkanes) is 5. The minimum Gasteiger partial charge on any atom is -0.386 e. The second-order valence-corrected chi connectivity index (χ2v) is 3.73. The Morgan fingerprint density at radius 2 is 1.79 bits per heavy atom. The van der Waals surface area contributed by atoms with E-state index in [0.717, 1.165) is 12.8 Å². The Hall–Kier alpha value is -0.640. The quantitative estimate of drug-likeness (QED) is 0.355. The van der Waals surface area contributed by atoms with E-state index >= 15 is 0 Å². The lowest BCUT2D eigenvalue weighted by molar-refractivity contribution is -0.490. The molecule has 0 aliphatic rings. The maximum Gasteiger partial charge on any atom is 0.229 e. The molecular formula is C10H21NO3. The fourth-order valence-corrected chi connectivity index (χ4v) is 1.42. The van der Waals surface area contributed by atoms with Crippen LogP contribution in [0.2, 0.25) is 0 Å². The molecule has 84 valence electrons. The van der Waals surface area contributed by atoms with Crippen LogP contribution in [0.5, 0.6) is 0 Å². The van der Waals surface area contributed by atoms with Crippen molar-refractivity contribution in [1.29, 1.82) is 0 Å². The van der Waals surface area contributed by atoms with Gasteiger partial charge < -0.3 is 5.11 Å². The summed E-state index contributed by atoms with van der Waals surface area (Å²) in [5, 5.41) is 19.2. The number of nitrogens with zero attached hydrogens (tertiary/aromatic N) is 1. The molecule has 0 saturated carbocycles. The van der Waals surface area contributed by atoms with Gasteiger partial charge in [-0.3, -0.25) is 10.1 Å². The lowest BCUT2D eigenvalue weighted by Gasteiger charge is -2.05. The molecule has 0 bridgehead atoms. The Balaban J connectivity index is 3.14. The van der Waals surface area contributed by atoms with Gasteiger partial charge in [0, 0.05) is 4.92 Å². The number of hydrogen-bond donors (Lipinski definition) is 1. The summed E-state index contributed by atoms with van der Waals surface area (Å²) in [6.45, 7) is 1.86. The zero-order chi connectivity index (χ0) is 10.8. The molecule has 0 aliphatic carbocycles. The van der Waals surface area contributed by atoms with Crippen LogP contribution < -0.4 is 0 Å². The molecule has 0 amide bonds. The first-order chi connectivity index (χ1) is 6.66. The van der Waals surface area contributed by atoms with E-state index in [1.54, 1.807) is 0 Å². The summed E-state index contributed by atoms with van der Waals surface area (Å²) >= 11 is 0. The highest BCUT2D eigenvalue weighted by Gasteiger charge is 2.09. The normalized spacial score (nSPS) is 12.7. The zero-order valence-corrected chi connectivity index (χ0v) is 8.95. The van der Waals surface area contributed by atoms with Gasteiger partial charge in [-0.25, -0.2) is 0 Å². The molecule has 1 atom stereocenters. The van der Waals surface area contributed by atoms with Gasteiger partial charge >= 0.3 is 0 Å². The minimum absolute atomic E-state index is 0.311. The van der Waals surface area contributed by atoms with Crippen LogP contribution in [0.15, 0.2) is 0 Å². The van der Waals surface area contributed by atoms with Crippen LogP contribution in [0.25, 0.3) is 0 Å². The van der Waals surface area contributed by atoms with Gasteiger partial charge in [0.25, 0.3) is 0 Å². The van der Waals surface area contributed by atoms with E-state index in [-0.39, 0.29) is 6.54 Å². The molecule has 0 fully saturated rings. The number of nitro groups is 1. The highest BCUT2D eigenvalue weighted by atomic mass is 16.6. The van der Waals surface area contributed by atoms with Gasteiger partial charge in [0.15, 0.2) is 0 Å². The summed E-state index contributed by atoms with van der Waals surface area (Å²) in [5.74, 6) is 0. The third kappa shape index (κ3) is 9.45. The molecule has 0 aromatic carbocycles. The van der Waals surface area contributed by atoms with Gasteiger partial charge in [0.05, 0.1) is 0 Å². The van der Waals surface area contributed by atoms with Crippen molar-refractivity contribution in [2.45, 2.75) is 58.0 Å². The monoisotopic (exact) mass is 203 g/mol. The van der Waals surface area contributed by atoms with Gasteiger partial charge in [-0.1, -0.05) is 45.4 Å². The summed E-state index contributed by atoms with van der Waals surface area (Å²) in [4.78, 5) is 9.57. The second-order valence-electron chi connectivity index (χ2n) is 3.73. The van der Waals surface area contributed by atoms with Crippen molar-refractivity contribution in [1.82, 2.24) is 0 Å². The van der Waals surface area contributed by atoms with Crippen molar-refractivity contribution < 1.29 is 10.0 Å². The maximum absolute atomic E-state index is 10.0. The van der Waals surface area contributed by atoms with E-state index in [1.807, 2.05) is 0 Å². The Morgan fingerprint density at radius 3 is 2.36 bits per heavy atom. The smallest absolute Gasteiger partial charge is 0.229 e. The number of aliphatic hydroxyl groups excluding tert-OH is 1. The summed E-state index contributed by atoms with van der Waals surface area (Å²) in [7, 11) is 0. The fraction of sp³-hybridized carbons (Fsp3) is 1.00. The topological polar surface area (TPSA) is 63.4 Å². The van der Waals surface area contributed by atoms with Gasteiger partial charge in [0.2, 0.25) is 6.54 Å². The van der Waals surface area contributed by atoms with Crippen molar-refractivity contribution >= 4 is 0 Å². The maximum atomic E-state index is 10.0. The third-order valence-electron chi connectivity index (χ3n) is 2.25. The number of aliphatic hydroxyl groups is 1. The Morgan fingerprint density at radius 1 is 1.21 bits per heavy atom. The number of hydrogen-bond acceptors (Lipinski definition) is 3. The summed E-state index contributed by atoms with van der Waals surface area (Å²) in [6.07, 6.45) is 6.69.